The fourth-order valence-electron chi connectivity index (χ4n) is 2.02. The lowest BCUT2D eigenvalue weighted by molar-refractivity contribution is 0.165. The molecular formula is C10H17N3. The van der Waals surface area contributed by atoms with Gasteiger partial charge in [-0.2, -0.15) is 5.10 Å². The van der Waals surface area contributed by atoms with Crippen LogP contribution >= 0.6 is 0 Å². The largest absolute Gasteiger partial charge is 0.319 e. The summed E-state index contributed by atoms with van der Waals surface area (Å²) in [4.78, 5) is 0. The third kappa shape index (κ3) is 1.61. The molecule has 1 aliphatic rings. The zero-order valence-corrected chi connectivity index (χ0v) is 8.33. The van der Waals surface area contributed by atoms with E-state index in [9.17, 15) is 0 Å². The molecule has 1 heterocycles. The van der Waals surface area contributed by atoms with Crippen LogP contribution in [-0.4, -0.2) is 23.4 Å². The zero-order valence-electron chi connectivity index (χ0n) is 8.33. The lowest BCUT2D eigenvalue weighted by Crippen LogP contribution is -2.36. The highest BCUT2D eigenvalue weighted by Crippen LogP contribution is 2.37. The van der Waals surface area contributed by atoms with Crippen molar-refractivity contribution in [3.05, 3.63) is 18.0 Å². The predicted molar refractivity (Wildman–Crippen MR) is 52.7 cm³/mol. The minimum atomic E-state index is 0.640. The lowest BCUT2D eigenvalue weighted by Gasteiger charge is -2.36. The van der Waals surface area contributed by atoms with Crippen LogP contribution in [0.2, 0.25) is 0 Å². The van der Waals surface area contributed by atoms with Gasteiger partial charge in [0.05, 0.1) is 11.7 Å². The van der Waals surface area contributed by atoms with Crippen molar-refractivity contribution < 1.29 is 0 Å². The van der Waals surface area contributed by atoms with Crippen LogP contribution in [0.3, 0.4) is 0 Å². The quantitative estimate of drug-likeness (QED) is 0.759. The summed E-state index contributed by atoms with van der Waals surface area (Å²) in [6.07, 6.45) is 4.72. The molecule has 2 atom stereocenters. The molecule has 13 heavy (non-hydrogen) atoms. The lowest BCUT2D eigenvalue weighted by atomic mass is 9.79. The van der Waals surface area contributed by atoms with Crippen molar-refractivity contribution in [1.29, 1.82) is 0 Å². The molecule has 0 bridgehead atoms. The van der Waals surface area contributed by atoms with E-state index in [1.807, 2.05) is 14.0 Å². The molecule has 0 saturated heterocycles. The second-order valence-corrected chi connectivity index (χ2v) is 3.90. The van der Waals surface area contributed by atoms with Gasteiger partial charge < -0.3 is 5.32 Å². The summed E-state index contributed by atoms with van der Waals surface area (Å²) in [5.74, 6) is 0.782. The smallest absolute Gasteiger partial charge is 0.0593 e. The fraction of sp³-hybridized carbons (Fsp3) is 0.700. The average molecular weight is 179 g/mol. The summed E-state index contributed by atoms with van der Waals surface area (Å²) >= 11 is 0. The summed E-state index contributed by atoms with van der Waals surface area (Å²) < 4.78 is 2.13. The molecule has 3 nitrogen and oxygen atoms in total. The Hall–Kier alpha value is -0.830. The van der Waals surface area contributed by atoms with E-state index in [1.54, 1.807) is 0 Å². The van der Waals surface area contributed by atoms with Gasteiger partial charge >= 0.3 is 0 Å². The monoisotopic (exact) mass is 179 g/mol. The van der Waals surface area contributed by atoms with Gasteiger partial charge in [0.25, 0.3) is 0 Å². The Morgan fingerprint density at radius 3 is 2.92 bits per heavy atom. The van der Waals surface area contributed by atoms with Gasteiger partial charge in [0, 0.05) is 6.20 Å². The van der Waals surface area contributed by atoms with Gasteiger partial charge in [-0.1, -0.05) is 0 Å². The molecule has 0 spiro atoms. The molecule has 1 aromatic heterocycles. The Labute approximate surface area is 79.1 Å². The Bertz CT molecular complexity index is 279. The molecule has 0 radical (unpaired) electrons. The Morgan fingerprint density at radius 2 is 2.46 bits per heavy atom. The van der Waals surface area contributed by atoms with Crippen LogP contribution in [0, 0.1) is 12.8 Å². The minimum Gasteiger partial charge on any atom is -0.319 e. The van der Waals surface area contributed by atoms with E-state index in [1.165, 1.54) is 12.8 Å². The number of aromatic nitrogens is 2. The Balaban J connectivity index is 2.01. The van der Waals surface area contributed by atoms with E-state index in [4.69, 9.17) is 0 Å². The van der Waals surface area contributed by atoms with Crippen molar-refractivity contribution in [3.8, 4) is 0 Å². The summed E-state index contributed by atoms with van der Waals surface area (Å²) in [6.45, 7) is 3.16. The Kier molecular flexibility index (Phi) is 2.36. The molecule has 1 aromatic rings. The third-order valence-corrected chi connectivity index (χ3v) is 2.93. The van der Waals surface area contributed by atoms with Crippen molar-refractivity contribution in [3.63, 3.8) is 0 Å². The van der Waals surface area contributed by atoms with Crippen LogP contribution < -0.4 is 5.32 Å². The van der Waals surface area contributed by atoms with Gasteiger partial charge in [0.1, 0.15) is 0 Å². The van der Waals surface area contributed by atoms with Gasteiger partial charge in [0.2, 0.25) is 0 Å². The third-order valence-electron chi connectivity index (χ3n) is 2.93. The number of aryl methyl sites for hydroxylation is 1. The first-order valence-corrected chi connectivity index (χ1v) is 4.97. The highest BCUT2D eigenvalue weighted by molar-refractivity contribution is 4.98. The number of rotatable bonds is 3. The van der Waals surface area contributed by atoms with E-state index in [-0.39, 0.29) is 0 Å². The van der Waals surface area contributed by atoms with Crippen LogP contribution in [0.15, 0.2) is 12.3 Å². The highest BCUT2D eigenvalue weighted by Gasteiger charge is 2.31. The molecule has 0 aliphatic heterocycles. The Morgan fingerprint density at radius 1 is 1.62 bits per heavy atom. The normalized spacial score (nSPS) is 27.2. The molecule has 1 aliphatic carbocycles. The molecule has 2 unspecified atom stereocenters. The maximum atomic E-state index is 4.45. The summed E-state index contributed by atoms with van der Waals surface area (Å²) in [5, 5.41) is 7.69. The maximum Gasteiger partial charge on any atom is 0.0593 e. The van der Waals surface area contributed by atoms with Crippen LogP contribution in [0.4, 0.5) is 0 Å². The molecule has 1 fully saturated rings. The maximum absolute atomic E-state index is 4.45. The first-order valence-electron chi connectivity index (χ1n) is 4.97. The number of hydrogen-bond donors (Lipinski definition) is 1. The van der Waals surface area contributed by atoms with Crippen LogP contribution in [0.5, 0.6) is 0 Å². The SMILES string of the molecule is CNCC1CCC1n1ccc(C)n1. The van der Waals surface area contributed by atoms with Crippen molar-refractivity contribution in [1.82, 2.24) is 15.1 Å². The predicted octanol–water partition coefficient (Wildman–Crippen LogP) is 1.36. The first kappa shape index (κ1) is 8.75. The second-order valence-electron chi connectivity index (χ2n) is 3.90. The highest BCUT2D eigenvalue weighted by atomic mass is 15.3. The number of hydrogen-bond acceptors (Lipinski definition) is 2. The standard InChI is InChI=1S/C10H17N3/c1-8-5-6-13(12-8)10-4-3-9(10)7-11-2/h5-6,9-11H,3-4,7H2,1-2H3. The summed E-state index contributed by atoms with van der Waals surface area (Å²) in [5.41, 5.74) is 1.12. The second kappa shape index (κ2) is 3.50. The fourth-order valence-corrected chi connectivity index (χ4v) is 2.02. The first-order chi connectivity index (χ1) is 6.31. The summed E-state index contributed by atoms with van der Waals surface area (Å²) in [7, 11) is 2.02. The topological polar surface area (TPSA) is 29.9 Å². The molecule has 2 rings (SSSR count). The number of nitrogens with zero attached hydrogens (tertiary/aromatic N) is 2. The van der Waals surface area contributed by atoms with Gasteiger partial charge in [-0.3, -0.25) is 4.68 Å². The van der Waals surface area contributed by atoms with Crippen LogP contribution in [0.25, 0.3) is 0 Å². The van der Waals surface area contributed by atoms with Gasteiger partial charge in [0.15, 0.2) is 0 Å². The zero-order chi connectivity index (χ0) is 9.26. The van der Waals surface area contributed by atoms with E-state index in [0.29, 0.717) is 6.04 Å². The van der Waals surface area contributed by atoms with Crippen molar-refractivity contribution in [2.24, 2.45) is 5.92 Å². The molecule has 1 N–H and O–H groups in total. The van der Waals surface area contributed by atoms with Gasteiger partial charge in [-0.25, -0.2) is 0 Å². The van der Waals surface area contributed by atoms with E-state index in [2.05, 4.69) is 27.4 Å². The van der Waals surface area contributed by atoms with E-state index in [0.717, 1.165) is 18.2 Å². The molecule has 0 amide bonds. The van der Waals surface area contributed by atoms with E-state index >= 15 is 0 Å². The van der Waals surface area contributed by atoms with E-state index < -0.39 is 0 Å². The van der Waals surface area contributed by atoms with Crippen LogP contribution in [-0.2, 0) is 0 Å². The van der Waals surface area contributed by atoms with Gasteiger partial charge in [-0.15, -0.1) is 0 Å². The minimum absolute atomic E-state index is 0.640. The molecular weight excluding hydrogens is 162 g/mol. The average Bonchev–Trinajstić information content (AvgIpc) is 2.45. The van der Waals surface area contributed by atoms with Crippen LogP contribution in [0.1, 0.15) is 24.6 Å². The van der Waals surface area contributed by atoms with Gasteiger partial charge in [-0.05, 0) is 45.3 Å². The van der Waals surface area contributed by atoms with Crippen molar-refractivity contribution >= 4 is 0 Å². The van der Waals surface area contributed by atoms with Crippen molar-refractivity contribution in [2.45, 2.75) is 25.8 Å². The molecule has 0 aromatic carbocycles. The molecule has 1 saturated carbocycles. The number of nitrogens with one attached hydrogen (secondary N) is 1. The molecule has 3 heteroatoms. The van der Waals surface area contributed by atoms with Crippen molar-refractivity contribution in [2.75, 3.05) is 13.6 Å². The summed E-state index contributed by atoms with van der Waals surface area (Å²) in [6, 6.07) is 2.72. The molecule has 72 valence electrons.